The molecule has 7 nitrogen and oxygen atoms in total. The van der Waals surface area contributed by atoms with Gasteiger partial charge in [-0.2, -0.15) is 0 Å². The van der Waals surface area contributed by atoms with E-state index < -0.39 is 5.60 Å². The Morgan fingerprint density at radius 3 is 2.63 bits per heavy atom. The first kappa shape index (κ1) is 19.5. The highest BCUT2D eigenvalue weighted by atomic mass is 16.5. The molecule has 0 aliphatic carbocycles. The van der Waals surface area contributed by atoms with E-state index in [1.54, 1.807) is 17.6 Å². The van der Waals surface area contributed by atoms with Crippen molar-refractivity contribution in [2.75, 3.05) is 26.2 Å². The number of hydrogen-bond donors (Lipinski definition) is 1. The molecule has 2 heterocycles. The van der Waals surface area contributed by atoms with Crippen LogP contribution in [-0.2, 0) is 22.5 Å². The Hall–Kier alpha value is -2.25. The lowest BCUT2D eigenvalue weighted by Crippen LogP contribution is -2.49. The minimum Gasteiger partial charge on any atom is -0.465 e. The highest BCUT2D eigenvalue weighted by Gasteiger charge is 2.34. The third-order valence-corrected chi connectivity index (χ3v) is 5.15. The summed E-state index contributed by atoms with van der Waals surface area (Å²) in [5, 5.41) is 11.6. The molecule has 0 unspecified atom stereocenters. The van der Waals surface area contributed by atoms with Gasteiger partial charge in [0.05, 0.1) is 36.2 Å². The van der Waals surface area contributed by atoms with Gasteiger partial charge < -0.3 is 9.84 Å². The number of piperidine rings is 1. The number of likely N-dealkylation sites (tertiary alicyclic amines) is 1. The minimum absolute atomic E-state index is 0.111. The fourth-order valence-corrected chi connectivity index (χ4v) is 3.62. The van der Waals surface area contributed by atoms with Gasteiger partial charge in [0.1, 0.15) is 5.82 Å². The first-order chi connectivity index (χ1) is 13.0. The zero-order chi connectivity index (χ0) is 19.4. The molecule has 0 bridgehead atoms. The van der Waals surface area contributed by atoms with Crippen LogP contribution in [0.1, 0.15) is 32.5 Å². The summed E-state index contributed by atoms with van der Waals surface area (Å²) in [4.78, 5) is 31.2. The van der Waals surface area contributed by atoms with Crippen LogP contribution in [0.5, 0.6) is 0 Å². The van der Waals surface area contributed by atoms with Crippen LogP contribution in [0.15, 0.2) is 29.1 Å². The van der Waals surface area contributed by atoms with Gasteiger partial charge in [0.25, 0.3) is 5.56 Å². The van der Waals surface area contributed by atoms with E-state index in [-0.39, 0.29) is 24.6 Å². The van der Waals surface area contributed by atoms with Crippen molar-refractivity contribution in [3.8, 4) is 0 Å². The van der Waals surface area contributed by atoms with E-state index in [0.29, 0.717) is 55.7 Å². The molecular formula is C20H27N3O4. The monoisotopic (exact) mass is 373 g/mol. The molecule has 1 aromatic heterocycles. The maximum atomic E-state index is 12.9. The van der Waals surface area contributed by atoms with Crippen LogP contribution in [-0.4, -0.2) is 57.4 Å². The second-order valence-corrected chi connectivity index (χ2v) is 7.10. The summed E-state index contributed by atoms with van der Waals surface area (Å²) in [6, 6.07) is 7.30. The first-order valence-electron chi connectivity index (χ1n) is 9.54. The number of nitrogens with zero attached hydrogens (tertiary/aromatic N) is 3. The quantitative estimate of drug-likeness (QED) is 0.770. The SMILES string of the molecule is CCOC(=O)CN1CCC(O)(Cn2c(CC)nc3ccccc3c2=O)CC1. The number of ether oxygens (including phenoxy) is 1. The van der Waals surface area contributed by atoms with Crippen LogP contribution in [0.25, 0.3) is 10.9 Å². The third kappa shape index (κ3) is 4.36. The van der Waals surface area contributed by atoms with Gasteiger partial charge >= 0.3 is 5.97 Å². The van der Waals surface area contributed by atoms with Gasteiger partial charge in [0.2, 0.25) is 0 Å². The maximum absolute atomic E-state index is 12.9. The van der Waals surface area contributed by atoms with Crippen LogP contribution in [0.2, 0.25) is 0 Å². The fourth-order valence-electron chi connectivity index (χ4n) is 3.62. The molecule has 1 aliphatic rings. The predicted molar refractivity (Wildman–Crippen MR) is 103 cm³/mol. The Bertz CT molecular complexity index is 869. The molecule has 1 aromatic carbocycles. The molecule has 0 atom stereocenters. The van der Waals surface area contributed by atoms with Gasteiger partial charge in [0, 0.05) is 19.5 Å². The van der Waals surface area contributed by atoms with Gasteiger partial charge in [-0.15, -0.1) is 0 Å². The Morgan fingerprint density at radius 1 is 1.26 bits per heavy atom. The van der Waals surface area contributed by atoms with Crippen LogP contribution < -0.4 is 5.56 Å². The molecule has 1 N–H and O–H groups in total. The van der Waals surface area contributed by atoms with E-state index >= 15 is 0 Å². The molecule has 1 aliphatic heterocycles. The first-order valence-corrected chi connectivity index (χ1v) is 9.54. The van der Waals surface area contributed by atoms with Crippen molar-refractivity contribution in [1.82, 2.24) is 14.5 Å². The average Bonchev–Trinajstić information content (AvgIpc) is 2.66. The molecule has 1 fully saturated rings. The molecule has 0 saturated carbocycles. The standard InChI is InChI=1S/C20H27N3O4/c1-3-17-21-16-8-6-5-7-15(16)19(25)23(17)14-20(26)9-11-22(12-10-20)13-18(24)27-4-2/h5-8,26H,3-4,9-14H2,1-2H3. The second-order valence-electron chi connectivity index (χ2n) is 7.10. The molecule has 2 aromatic rings. The highest BCUT2D eigenvalue weighted by molar-refractivity contribution is 5.77. The van der Waals surface area contributed by atoms with Crippen LogP contribution in [0.3, 0.4) is 0 Å². The number of fused-ring (bicyclic) bond motifs is 1. The Morgan fingerprint density at radius 2 is 1.96 bits per heavy atom. The van der Waals surface area contributed by atoms with Crippen molar-refractivity contribution >= 4 is 16.9 Å². The van der Waals surface area contributed by atoms with Gasteiger partial charge in [-0.25, -0.2) is 4.98 Å². The van der Waals surface area contributed by atoms with E-state index in [2.05, 4.69) is 4.98 Å². The van der Waals surface area contributed by atoms with Gasteiger partial charge in [-0.1, -0.05) is 19.1 Å². The zero-order valence-corrected chi connectivity index (χ0v) is 16.0. The van der Waals surface area contributed by atoms with E-state index in [1.165, 1.54) is 0 Å². The van der Waals surface area contributed by atoms with E-state index in [9.17, 15) is 14.7 Å². The van der Waals surface area contributed by atoms with Gasteiger partial charge in [0.15, 0.2) is 0 Å². The Balaban J connectivity index is 1.76. The summed E-state index contributed by atoms with van der Waals surface area (Å²) < 4.78 is 6.60. The summed E-state index contributed by atoms with van der Waals surface area (Å²) in [6.45, 7) is 5.75. The number of aromatic nitrogens is 2. The molecule has 3 rings (SSSR count). The third-order valence-electron chi connectivity index (χ3n) is 5.15. The number of aliphatic hydroxyl groups is 1. The number of carbonyl (C=O) groups is 1. The summed E-state index contributed by atoms with van der Waals surface area (Å²) >= 11 is 0. The average molecular weight is 373 g/mol. The molecule has 0 amide bonds. The molecule has 0 radical (unpaired) electrons. The van der Waals surface area contributed by atoms with Gasteiger partial charge in [-0.05, 0) is 31.9 Å². The van der Waals surface area contributed by atoms with Crippen LogP contribution in [0, 0.1) is 0 Å². The molecule has 146 valence electrons. The van der Waals surface area contributed by atoms with E-state index in [4.69, 9.17) is 4.74 Å². The number of esters is 1. The summed E-state index contributed by atoms with van der Waals surface area (Å²) in [7, 11) is 0. The predicted octanol–water partition coefficient (Wildman–Crippen LogP) is 1.35. The molecule has 7 heteroatoms. The Kier molecular flexibility index (Phi) is 5.92. The summed E-state index contributed by atoms with van der Waals surface area (Å²) in [5.41, 5.74) is -0.407. The number of carbonyl (C=O) groups excluding carboxylic acids is 1. The Labute approximate surface area is 158 Å². The maximum Gasteiger partial charge on any atom is 0.320 e. The van der Waals surface area contributed by atoms with Crippen LogP contribution >= 0.6 is 0 Å². The van der Waals surface area contributed by atoms with Crippen molar-refractivity contribution in [2.24, 2.45) is 0 Å². The lowest BCUT2D eigenvalue weighted by atomic mass is 9.91. The lowest BCUT2D eigenvalue weighted by molar-refractivity contribution is -0.145. The van der Waals surface area contributed by atoms with Crippen molar-refractivity contribution in [3.05, 3.63) is 40.4 Å². The summed E-state index contributed by atoms with van der Waals surface area (Å²) in [6.07, 6.45) is 1.61. The smallest absolute Gasteiger partial charge is 0.320 e. The van der Waals surface area contributed by atoms with Gasteiger partial charge in [-0.3, -0.25) is 19.1 Å². The largest absolute Gasteiger partial charge is 0.465 e. The van der Waals surface area contributed by atoms with Crippen molar-refractivity contribution in [3.63, 3.8) is 0 Å². The fraction of sp³-hybridized carbons (Fsp3) is 0.550. The second kappa shape index (κ2) is 8.19. The van der Waals surface area contributed by atoms with E-state index in [1.807, 2.05) is 30.0 Å². The number of rotatable bonds is 6. The number of aryl methyl sites for hydroxylation is 1. The topological polar surface area (TPSA) is 84.7 Å². The van der Waals surface area contributed by atoms with E-state index in [0.717, 1.165) is 0 Å². The lowest BCUT2D eigenvalue weighted by Gasteiger charge is -2.38. The molecule has 0 spiro atoms. The molecule has 27 heavy (non-hydrogen) atoms. The van der Waals surface area contributed by atoms with Crippen molar-refractivity contribution < 1.29 is 14.6 Å². The normalized spacial score (nSPS) is 17.1. The van der Waals surface area contributed by atoms with Crippen molar-refractivity contribution in [1.29, 1.82) is 0 Å². The number of benzene rings is 1. The minimum atomic E-state index is -0.983. The molecular weight excluding hydrogens is 346 g/mol. The zero-order valence-electron chi connectivity index (χ0n) is 16.0. The number of para-hydroxylation sites is 1. The van der Waals surface area contributed by atoms with Crippen LogP contribution in [0.4, 0.5) is 0 Å². The highest BCUT2D eigenvalue weighted by Crippen LogP contribution is 2.24. The number of hydrogen-bond acceptors (Lipinski definition) is 6. The van der Waals surface area contributed by atoms with Crippen molar-refractivity contribution in [2.45, 2.75) is 45.3 Å². The summed E-state index contributed by atoms with van der Waals surface area (Å²) in [5.74, 6) is 0.437. The molecule has 1 saturated heterocycles.